The van der Waals surface area contributed by atoms with Crippen molar-refractivity contribution < 1.29 is 14.3 Å². The summed E-state index contributed by atoms with van der Waals surface area (Å²) < 4.78 is 5.38. The lowest BCUT2D eigenvalue weighted by Gasteiger charge is -2.08. The zero-order valence-electron chi connectivity index (χ0n) is 16.2. The van der Waals surface area contributed by atoms with Crippen molar-refractivity contribution in [2.24, 2.45) is 0 Å². The normalized spacial score (nSPS) is 10.2. The van der Waals surface area contributed by atoms with Gasteiger partial charge in [0.1, 0.15) is 17.1 Å². The Bertz CT molecular complexity index is 957. The number of hydrogen-bond donors (Lipinski definition) is 2. The van der Waals surface area contributed by atoms with E-state index in [1.54, 1.807) is 42.5 Å². The molecule has 0 spiro atoms. The van der Waals surface area contributed by atoms with Gasteiger partial charge in [-0.1, -0.05) is 36.4 Å². The molecule has 1 heterocycles. The van der Waals surface area contributed by atoms with Crippen LogP contribution in [0, 0.1) is 0 Å². The number of hydrogen-bond acceptors (Lipinski definition) is 4. The maximum atomic E-state index is 12.5. The molecule has 0 aliphatic heterocycles. The highest BCUT2D eigenvalue weighted by Crippen LogP contribution is 2.16. The molecule has 0 fully saturated rings. The number of nitrogens with one attached hydrogen (secondary N) is 2. The van der Waals surface area contributed by atoms with E-state index in [1.165, 1.54) is 0 Å². The molecule has 0 bridgehead atoms. The SMILES string of the molecule is CCOc1ccc(NC(=O)c2cccc(C(=O)NCCc3ccccc3)n2)cc1. The number of rotatable bonds is 8. The van der Waals surface area contributed by atoms with Gasteiger partial charge >= 0.3 is 0 Å². The van der Waals surface area contributed by atoms with Gasteiger partial charge in [-0.3, -0.25) is 9.59 Å². The highest BCUT2D eigenvalue weighted by atomic mass is 16.5. The zero-order chi connectivity index (χ0) is 20.5. The third-order valence-electron chi connectivity index (χ3n) is 4.18. The van der Waals surface area contributed by atoms with Crippen LogP contribution in [0.4, 0.5) is 5.69 Å². The van der Waals surface area contributed by atoms with Crippen LogP contribution in [0.1, 0.15) is 33.5 Å². The van der Waals surface area contributed by atoms with Crippen LogP contribution in [-0.4, -0.2) is 29.9 Å². The lowest BCUT2D eigenvalue weighted by Crippen LogP contribution is -2.27. The summed E-state index contributed by atoms with van der Waals surface area (Å²) in [5.74, 6) is 0.0440. The molecule has 1 aromatic heterocycles. The Morgan fingerprint density at radius 2 is 1.55 bits per heavy atom. The molecule has 0 atom stereocenters. The number of nitrogens with zero attached hydrogens (tertiary/aromatic N) is 1. The molecule has 6 nitrogen and oxygen atoms in total. The predicted octanol–water partition coefficient (Wildman–Crippen LogP) is 3.71. The molecule has 0 aliphatic carbocycles. The summed E-state index contributed by atoms with van der Waals surface area (Å²) in [7, 11) is 0. The van der Waals surface area contributed by atoms with E-state index in [2.05, 4.69) is 15.6 Å². The predicted molar refractivity (Wildman–Crippen MR) is 112 cm³/mol. The van der Waals surface area contributed by atoms with Crippen molar-refractivity contribution in [1.82, 2.24) is 10.3 Å². The maximum absolute atomic E-state index is 12.5. The fourth-order valence-electron chi connectivity index (χ4n) is 2.74. The van der Waals surface area contributed by atoms with Gasteiger partial charge in [-0.05, 0) is 55.3 Å². The minimum absolute atomic E-state index is 0.176. The number of aromatic nitrogens is 1. The molecule has 6 heteroatoms. The van der Waals surface area contributed by atoms with E-state index in [0.29, 0.717) is 18.8 Å². The molecular formula is C23H23N3O3. The van der Waals surface area contributed by atoms with Crippen molar-refractivity contribution in [1.29, 1.82) is 0 Å². The smallest absolute Gasteiger partial charge is 0.274 e. The Hall–Kier alpha value is -3.67. The van der Waals surface area contributed by atoms with E-state index < -0.39 is 0 Å². The largest absolute Gasteiger partial charge is 0.494 e. The quantitative estimate of drug-likeness (QED) is 0.616. The fourth-order valence-corrected chi connectivity index (χ4v) is 2.74. The first-order valence-corrected chi connectivity index (χ1v) is 9.49. The van der Waals surface area contributed by atoms with E-state index in [9.17, 15) is 9.59 Å². The van der Waals surface area contributed by atoms with Crippen LogP contribution >= 0.6 is 0 Å². The Morgan fingerprint density at radius 1 is 0.862 bits per heavy atom. The van der Waals surface area contributed by atoms with E-state index >= 15 is 0 Å². The molecule has 2 amide bonds. The van der Waals surface area contributed by atoms with Gasteiger partial charge in [-0.25, -0.2) is 4.98 Å². The number of pyridine rings is 1. The van der Waals surface area contributed by atoms with Crippen molar-refractivity contribution in [3.63, 3.8) is 0 Å². The summed E-state index contributed by atoms with van der Waals surface area (Å²) in [6.45, 7) is 2.98. The van der Waals surface area contributed by atoms with E-state index in [0.717, 1.165) is 17.7 Å². The van der Waals surface area contributed by atoms with Crippen molar-refractivity contribution in [3.8, 4) is 5.75 Å². The molecule has 3 rings (SSSR count). The second kappa shape index (κ2) is 10.0. The number of anilines is 1. The molecule has 0 aliphatic rings. The summed E-state index contributed by atoms with van der Waals surface area (Å²) >= 11 is 0. The number of amides is 2. The van der Waals surface area contributed by atoms with Gasteiger partial charge in [-0.2, -0.15) is 0 Å². The number of ether oxygens (including phenoxy) is 1. The van der Waals surface area contributed by atoms with Gasteiger partial charge < -0.3 is 15.4 Å². The average molecular weight is 389 g/mol. The third kappa shape index (κ3) is 5.90. The number of carbonyl (C=O) groups excluding carboxylic acids is 2. The summed E-state index contributed by atoms with van der Waals surface area (Å²) in [6, 6.07) is 21.8. The van der Waals surface area contributed by atoms with Gasteiger partial charge in [0.05, 0.1) is 6.61 Å². The first-order chi connectivity index (χ1) is 14.2. The van der Waals surface area contributed by atoms with Gasteiger partial charge in [0.25, 0.3) is 11.8 Å². The van der Waals surface area contributed by atoms with Gasteiger partial charge in [-0.15, -0.1) is 0 Å². The second-order valence-corrected chi connectivity index (χ2v) is 6.31. The van der Waals surface area contributed by atoms with Crippen LogP contribution < -0.4 is 15.4 Å². The molecule has 29 heavy (non-hydrogen) atoms. The highest BCUT2D eigenvalue weighted by Gasteiger charge is 2.12. The lowest BCUT2D eigenvalue weighted by molar-refractivity contribution is 0.0949. The van der Waals surface area contributed by atoms with Crippen LogP contribution in [0.2, 0.25) is 0 Å². The molecular weight excluding hydrogens is 366 g/mol. The molecule has 2 N–H and O–H groups in total. The monoisotopic (exact) mass is 389 g/mol. The topological polar surface area (TPSA) is 80.3 Å². The minimum Gasteiger partial charge on any atom is -0.494 e. The zero-order valence-corrected chi connectivity index (χ0v) is 16.2. The molecule has 0 saturated heterocycles. The summed E-state index contributed by atoms with van der Waals surface area (Å²) in [6.07, 6.45) is 0.727. The Balaban J connectivity index is 1.57. The van der Waals surface area contributed by atoms with Gasteiger partial charge in [0.15, 0.2) is 0 Å². The summed E-state index contributed by atoms with van der Waals surface area (Å²) in [5.41, 5.74) is 2.15. The maximum Gasteiger partial charge on any atom is 0.274 e. The fraction of sp³-hybridized carbons (Fsp3) is 0.174. The Labute approximate surface area is 169 Å². The highest BCUT2D eigenvalue weighted by molar-refractivity contribution is 6.03. The van der Waals surface area contributed by atoms with E-state index in [-0.39, 0.29) is 23.2 Å². The van der Waals surface area contributed by atoms with Crippen molar-refractivity contribution in [2.45, 2.75) is 13.3 Å². The first kappa shape index (κ1) is 20.1. The molecule has 2 aromatic carbocycles. The number of carbonyl (C=O) groups is 2. The first-order valence-electron chi connectivity index (χ1n) is 9.49. The lowest BCUT2D eigenvalue weighted by atomic mass is 10.1. The Morgan fingerprint density at radius 3 is 2.24 bits per heavy atom. The molecule has 3 aromatic rings. The van der Waals surface area contributed by atoms with Crippen molar-refractivity contribution >= 4 is 17.5 Å². The minimum atomic E-state index is -0.381. The van der Waals surface area contributed by atoms with Crippen molar-refractivity contribution in [2.75, 3.05) is 18.5 Å². The van der Waals surface area contributed by atoms with Gasteiger partial charge in [0, 0.05) is 12.2 Å². The van der Waals surface area contributed by atoms with E-state index in [1.807, 2.05) is 37.3 Å². The van der Waals surface area contributed by atoms with Crippen LogP contribution in [0.5, 0.6) is 5.75 Å². The molecule has 0 unspecified atom stereocenters. The molecule has 148 valence electrons. The molecule has 0 saturated carbocycles. The summed E-state index contributed by atoms with van der Waals surface area (Å²) in [5, 5.41) is 5.60. The second-order valence-electron chi connectivity index (χ2n) is 6.31. The van der Waals surface area contributed by atoms with E-state index in [4.69, 9.17) is 4.74 Å². The van der Waals surface area contributed by atoms with Crippen LogP contribution in [0.3, 0.4) is 0 Å². The van der Waals surface area contributed by atoms with Gasteiger partial charge in [0.2, 0.25) is 0 Å². The average Bonchev–Trinajstić information content (AvgIpc) is 2.76. The van der Waals surface area contributed by atoms with Crippen LogP contribution in [0.15, 0.2) is 72.8 Å². The third-order valence-corrected chi connectivity index (χ3v) is 4.18. The molecule has 0 radical (unpaired) electrons. The number of benzene rings is 2. The standard InChI is InChI=1S/C23H23N3O3/c1-2-29-19-13-11-18(12-14-19)25-23(28)21-10-6-9-20(26-21)22(27)24-16-15-17-7-4-3-5-8-17/h3-14H,2,15-16H2,1H3,(H,24,27)(H,25,28). The van der Waals surface area contributed by atoms with Crippen LogP contribution in [0.25, 0.3) is 0 Å². The van der Waals surface area contributed by atoms with Crippen molar-refractivity contribution in [3.05, 3.63) is 89.7 Å². The summed E-state index contributed by atoms with van der Waals surface area (Å²) in [4.78, 5) is 29.0. The Kier molecular flexibility index (Phi) is 6.95. The van der Waals surface area contributed by atoms with Crippen LogP contribution in [-0.2, 0) is 6.42 Å².